The molecule has 1 aliphatic carbocycles. The van der Waals surface area contributed by atoms with Gasteiger partial charge >= 0.3 is 0 Å². The van der Waals surface area contributed by atoms with E-state index in [2.05, 4.69) is 20.4 Å². The fourth-order valence-corrected chi connectivity index (χ4v) is 4.36. The molecule has 0 saturated heterocycles. The first kappa shape index (κ1) is 14.6. The highest BCUT2D eigenvalue weighted by atomic mass is 32.2. The van der Waals surface area contributed by atoms with E-state index in [0.29, 0.717) is 24.0 Å². The molecule has 1 fully saturated rings. The second-order valence-corrected chi connectivity index (χ2v) is 7.66. The normalized spacial score (nSPS) is 15.4. The van der Waals surface area contributed by atoms with Gasteiger partial charge in [0.05, 0.1) is 17.6 Å². The summed E-state index contributed by atoms with van der Waals surface area (Å²) < 4.78 is 28.8. The second-order valence-electron chi connectivity index (χ2n) is 4.93. The van der Waals surface area contributed by atoms with Gasteiger partial charge in [0.1, 0.15) is 0 Å². The Hall–Kier alpha value is -1.29. The van der Waals surface area contributed by atoms with Crippen LogP contribution in [0.2, 0.25) is 0 Å². The first-order valence-corrected chi connectivity index (χ1v) is 9.15. The Morgan fingerprint density at radius 1 is 1.43 bits per heavy atom. The van der Waals surface area contributed by atoms with Gasteiger partial charge in [-0.3, -0.25) is 4.68 Å². The Morgan fingerprint density at radius 2 is 2.29 bits per heavy atom. The maximum atomic E-state index is 12.3. The van der Waals surface area contributed by atoms with E-state index in [1.807, 2.05) is 5.38 Å². The molecule has 114 valence electrons. The Kier molecular flexibility index (Phi) is 4.34. The SMILES string of the molecule is O=S(=O)(NCCn1ccnn1)c1ccsc1CNC1CC1. The average molecular weight is 327 g/mol. The van der Waals surface area contributed by atoms with Crippen LogP contribution in [-0.4, -0.2) is 36.0 Å². The van der Waals surface area contributed by atoms with Crippen molar-refractivity contribution < 1.29 is 8.42 Å². The lowest BCUT2D eigenvalue weighted by atomic mass is 10.4. The van der Waals surface area contributed by atoms with Crippen LogP contribution in [0.4, 0.5) is 0 Å². The van der Waals surface area contributed by atoms with E-state index in [0.717, 1.165) is 4.88 Å². The summed E-state index contributed by atoms with van der Waals surface area (Å²) >= 11 is 1.47. The average Bonchev–Trinajstić information content (AvgIpc) is 2.93. The molecule has 0 unspecified atom stereocenters. The summed E-state index contributed by atoms with van der Waals surface area (Å²) in [5.41, 5.74) is 0. The van der Waals surface area contributed by atoms with Crippen LogP contribution in [0, 0.1) is 0 Å². The molecule has 0 radical (unpaired) electrons. The number of rotatable bonds is 8. The Labute approximate surface area is 127 Å². The number of nitrogens with one attached hydrogen (secondary N) is 2. The van der Waals surface area contributed by atoms with E-state index >= 15 is 0 Å². The molecule has 2 N–H and O–H groups in total. The highest BCUT2D eigenvalue weighted by Crippen LogP contribution is 2.24. The van der Waals surface area contributed by atoms with E-state index < -0.39 is 10.0 Å². The van der Waals surface area contributed by atoms with Gasteiger partial charge < -0.3 is 5.32 Å². The molecule has 0 aliphatic heterocycles. The minimum absolute atomic E-state index is 0.289. The van der Waals surface area contributed by atoms with Gasteiger partial charge in [-0.15, -0.1) is 16.4 Å². The smallest absolute Gasteiger partial charge is 0.241 e. The Morgan fingerprint density at radius 3 is 3.00 bits per heavy atom. The maximum Gasteiger partial charge on any atom is 0.241 e. The fourth-order valence-electron chi connectivity index (χ4n) is 1.95. The van der Waals surface area contributed by atoms with Crippen molar-refractivity contribution in [1.29, 1.82) is 0 Å². The monoisotopic (exact) mass is 327 g/mol. The van der Waals surface area contributed by atoms with Crippen molar-refractivity contribution in [3.8, 4) is 0 Å². The molecule has 0 bridgehead atoms. The Bertz CT molecular complexity index is 676. The molecule has 3 rings (SSSR count). The topological polar surface area (TPSA) is 88.9 Å². The Balaban J connectivity index is 1.59. The van der Waals surface area contributed by atoms with Crippen LogP contribution in [0.5, 0.6) is 0 Å². The summed E-state index contributed by atoms with van der Waals surface area (Å²) in [4.78, 5) is 1.23. The molecule has 1 saturated carbocycles. The number of thiophene rings is 1. The van der Waals surface area contributed by atoms with Gasteiger partial charge in [-0.05, 0) is 24.3 Å². The van der Waals surface area contributed by atoms with E-state index in [-0.39, 0.29) is 6.54 Å². The van der Waals surface area contributed by atoms with Crippen LogP contribution in [-0.2, 0) is 23.1 Å². The minimum Gasteiger partial charge on any atom is -0.309 e. The standard InChI is InChI=1S/C12H17N5O2S2/c18-21(19,15-5-7-17-6-4-14-16-17)12-3-8-20-11(12)9-13-10-1-2-10/h3-4,6,8,10,13,15H,1-2,5,7,9H2. The van der Waals surface area contributed by atoms with Crippen molar-refractivity contribution in [3.05, 3.63) is 28.7 Å². The van der Waals surface area contributed by atoms with Gasteiger partial charge in [-0.25, -0.2) is 13.1 Å². The van der Waals surface area contributed by atoms with Gasteiger partial charge in [-0.2, -0.15) is 0 Å². The first-order valence-electron chi connectivity index (χ1n) is 6.79. The van der Waals surface area contributed by atoms with E-state index in [1.54, 1.807) is 23.1 Å². The third-order valence-electron chi connectivity index (χ3n) is 3.23. The molecule has 1 aliphatic rings. The number of sulfonamides is 1. The highest BCUT2D eigenvalue weighted by molar-refractivity contribution is 7.89. The summed E-state index contributed by atoms with van der Waals surface area (Å²) in [6.45, 7) is 1.36. The predicted molar refractivity (Wildman–Crippen MR) is 79.4 cm³/mol. The quantitative estimate of drug-likeness (QED) is 0.740. The fraction of sp³-hybridized carbons (Fsp3) is 0.500. The first-order chi connectivity index (χ1) is 10.1. The van der Waals surface area contributed by atoms with E-state index in [1.165, 1.54) is 24.2 Å². The zero-order valence-corrected chi connectivity index (χ0v) is 13.0. The lowest BCUT2D eigenvalue weighted by Crippen LogP contribution is -2.28. The van der Waals surface area contributed by atoms with Crippen molar-refractivity contribution in [2.75, 3.05) is 6.54 Å². The summed E-state index contributed by atoms with van der Waals surface area (Å²) in [7, 11) is -3.47. The van der Waals surface area contributed by atoms with Crippen LogP contribution in [0.25, 0.3) is 0 Å². The highest BCUT2D eigenvalue weighted by Gasteiger charge is 2.23. The molecule has 0 amide bonds. The molecule has 0 spiro atoms. The molecule has 7 nitrogen and oxygen atoms in total. The molecule has 2 heterocycles. The van der Waals surface area contributed by atoms with Gasteiger partial charge in [0.2, 0.25) is 10.0 Å². The van der Waals surface area contributed by atoms with Crippen molar-refractivity contribution >= 4 is 21.4 Å². The van der Waals surface area contributed by atoms with E-state index in [9.17, 15) is 8.42 Å². The summed E-state index contributed by atoms with van der Waals surface area (Å²) in [6, 6.07) is 2.22. The van der Waals surface area contributed by atoms with Crippen molar-refractivity contribution in [1.82, 2.24) is 25.0 Å². The van der Waals surface area contributed by atoms with Crippen LogP contribution >= 0.6 is 11.3 Å². The number of hydrogen-bond donors (Lipinski definition) is 2. The van der Waals surface area contributed by atoms with Crippen molar-refractivity contribution in [2.24, 2.45) is 0 Å². The molecule has 2 aromatic heterocycles. The molecule has 2 aromatic rings. The third kappa shape index (κ3) is 3.88. The number of aromatic nitrogens is 3. The number of nitrogens with zero attached hydrogens (tertiary/aromatic N) is 3. The molecule has 0 aromatic carbocycles. The largest absolute Gasteiger partial charge is 0.309 e. The predicted octanol–water partition coefficient (Wildman–Crippen LogP) is 0.570. The van der Waals surface area contributed by atoms with E-state index in [4.69, 9.17) is 0 Å². The van der Waals surface area contributed by atoms with Crippen molar-refractivity contribution in [3.63, 3.8) is 0 Å². The van der Waals surface area contributed by atoms with Crippen LogP contribution in [0.1, 0.15) is 17.7 Å². The minimum atomic E-state index is -3.47. The van der Waals surface area contributed by atoms with Gasteiger partial charge in [0.15, 0.2) is 0 Å². The summed E-state index contributed by atoms with van der Waals surface area (Å²) in [5.74, 6) is 0. The van der Waals surface area contributed by atoms with Gasteiger partial charge in [0.25, 0.3) is 0 Å². The third-order valence-corrected chi connectivity index (χ3v) is 5.82. The molecule has 21 heavy (non-hydrogen) atoms. The molecule has 0 atom stereocenters. The van der Waals surface area contributed by atoms with Gasteiger partial charge in [0, 0.05) is 30.2 Å². The summed E-state index contributed by atoms with van der Waals surface area (Å²) in [5, 5.41) is 12.6. The maximum absolute atomic E-state index is 12.3. The number of hydrogen-bond acceptors (Lipinski definition) is 6. The molecular formula is C12H17N5O2S2. The van der Waals surface area contributed by atoms with Crippen LogP contribution in [0.15, 0.2) is 28.7 Å². The zero-order valence-electron chi connectivity index (χ0n) is 11.4. The lowest BCUT2D eigenvalue weighted by molar-refractivity contribution is 0.552. The molecular weight excluding hydrogens is 310 g/mol. The lowest BCUT2D eigenvalue weighted by Gasteiger charge is -2.08. The molecule has 9 heteroatoms. The zero-order chi connectivity index (χ0) is 14.7. The van der Waals surface area contributed by atoms with Crippen LogP contribution in [0.3, 0.4) is 0 Å². The summed E-state index contributed by atoms with van der Waals surface area (Å²) in [6.07, 6.45) is 5.63. The van der Waals surface area contributed by atoms with Crippen molar-refractivity contribution in [2.45, 2.75) is 36.9 Å². The van der Waals surface area contributed by atoms with Gasteiger partial charge in [-0.1, -0.05) is 5.21 Å². The van der Waals surface area contributed by atoms with Crippen LogP contribution < -0.4 is 10.0 Å². The second kappa shape index (κ2) is 6.22.